The zero-order valence-corrected chi connectivity index (χ0v) is 11.0. The Morgan fingerprint density at radius 1 is 1.41 bits per heavy atom. The summed E-state index contributed by atoms with van der Waals surface area (Å²) in [5.74, 6) is -0.262. The Morgan fingerprint density at radius 3 is 2.59 bits per heavy atom. The fourth-order valence-electron chi connectivity index (χ4n) is 1.78. The quantitative estimate of drug-likeness (QED) is 0.804. The third kappa shape index (κ3) is 3.33. The van der Waals surface area contributed by atoms with Crippen molar-refractivity contribution in [2.75, 3.05) is 30.9 Å². The Hall–Kier alpha value is -1.29. The number of halogens is 1. The van der Waals surface area contributed by atoms with Gasteiger partial charge in [0.15, 0.2) is 0 Å². The first kappa shape index (κ1) is 13.8. The molecule has 3 nitrogen and oxygen atoms in total. The number of anilines is 2. The highest BCUT2D eigenvalue weighted by Gasteiger charge is 2.15. The van der Waals surface area contributed by atoms with Crippen LogP contribution in [0, 0.1) is 12.7 Å². The SMILES string of the molecule is COCCN(c1cc(C)c(F)cc1N)C(C)C. The molecule has 0 atom stereocenters. The van der Waals surface area contributed by atoms with Crippen molar-refractivity contribution < 1.29 is 9.13 Å². The van der Waals surface area contributed by atoms with Gasteiger partial charge < -0.3 is 15.4 Å². The molecule has 17 heavy (non-hydrogen) atoms. The molecule has 0 heterocycles. The number of ether oxygens (including phenoxy) is 1. The van der Waals surface area contributed by atoms with Gasteiger partial charge in [-0.25, -0.2) is 4.39 Å². The molecule has 2 N–H and O–H groups in total. The maximum atomic E-state index is 13.4. The van der Waals surface area contributed by atoms with Crippen molar-refractivity contribution >= 4 is 11.4 Å². The summed E-state index contributed by atoms with van der Waals surface area (Å²) >= 11 is 0. The van der Waals surface area contributed by atoms with Gasteiger partial charge >= 0.3 is 0 Å². The van der Waals surface area contributed by atoms with Gasteiger partial charge in [-0.2, -0.15) is 0 Å². The van der Waals surface area contributed by atoms with E-state index in [1.807, 2.05) is 0 Å². The normalized spacial score (nSPS) is 10.9. The second kappa shape index (κ2) is 5.87. The fourth-order valence-corrected chi connectivity index (χ4v) is 1.78. The monoisotopic (exact) mass is 240 g/mol. The lowest BCUT2D eigenvalue weighted by atomic mass is 10.1. The summed E-state index contributed by atoms with van der Waals surface area (Å²) in [4.78, 5) is 2.12. The van der Waals surface area contributed by atoms with Crippen LogP contribution in [0.25, 0.3) is 0 Å². The molecule has 0 aliphatic rings. The van der Waals surface area contributed by atoms with Gasteiger partial charge in [0.05, 0.1) is 18.0 Å². The molecule has 0 spiro atoms. The van der Waals surface area contributed by atoms with Crippen LogP contribution in [0.15, 0.2) is 12.1 Å². The zero-order chi connectivity index (χ0) is 13.0. The van der Waals surface area contributed by atoms with Crippen molar-refractivity contribution in [3.8, 4) is 0 Å². The third-order valence-corrected chi connectivity index (χ3v) is 2.78. The molecule has 0 aromatic heterocycles. The van der Waals surface area contributed by atoms with Gasteiger partial charge in [0.2, 0.25) is 0 Å². The van der Waals surface area contributed by atoms with Gasteiger partial charge in [-0.1, -0.05) is 0 Å². The van der Waals surface area contributed by atoms with Crippen LogP contribution >= 0.6 is 0 Å². The van der Waals surface area contributed by atoms with E-state index in [2.05, 4.69) is 18.7 Å². The maximum Gasteiger partial charge on any atom is 0.128 e. The standard InChI is InChI=1S/C13H21FN2O/c1-9(2)16(5-6-17-4)13-7-10(3)11(14)8-12(13)15/h7-9H,5-6,15H2,1-4H3. The molecular weight excluding hydrogens is 219 g/mol. The fraction of sp³-hybridized carbons (Fsp3) is 0.538. The molecule has 4 heteroatoms. The summed E-state index contributed by atoms with van der Waals surface area (Å²) in [6.07, 6.45) is 0. The lowest BCUT2D eigenvalue weighted by Gasteiger charge is -2.30. The molecule has 0 saturated heterocycles. The van der Waals surface area contributed by atoms with Gasteiger partial charge in [0.25, 0.3) is 0 Å². The Kier molecular flexibility index (Phi) is 4.75. The van der Waals surface area contributed by atoms with Crippen LogP contribution in [-0.2, 0) is 4.74 Å². The first-order chi connectivity index (χ1) is 7.97. The number of rotatable bonds is 5. The predicted octanol–water partition coefficient (Wildman–Crippen LogP) is 2.58. The van der Waals surface area contributed by atoms with Crippen LogP contribution < -0.4 is 10.6 Å². The zero-order valence-electron chi connectivity index (χ0n) is 11.0. The van der Waals surface area contributed by atoms with Crippen LogP contribution in [0.5, 0.6) is 0 Å². The maximum absolute atomic E-state index is 13.4. The number of benzene rings is 1. The number of methoxy groups -OCH3 is 1. The van der Waals surface area contributed by atoms with Crippen LogP contribution in [0.2, 0.25) is 0 Å². The first-order valence-electron chi connectivity index (χ1n) is 5.78. The molecule has 0 aliphatic carbocycles. The summed E-state index contributed by atoms with van der Waals surface area (Å²) in [7, 11) is 1.66. The Morgan fingerprint density at radius 2 is 2.06 bits per heavy atom. The Bertz CT molecular complexity index is 380. The van der Waals surface area contributed by atoms with E-state index in [-0.39, 0.29) is 11.9 Å². The number of nitrogens with two attached hydrogens (primary N) is 1. The lowest BCUT2D eigenvalue weighted by Crippen LogP contribution is -2.34. The molecule has 1 aromatic carbocycles. The highest BCUT2D eigenvalue weighted by Crippen LogP contribution is 2.27. The molecule has 0 radical (unpaired) electrons. The van der Waals surface area contributed by atoms with Crippen molar-refractivity contribution in [1.82, 2.24) is 0 Å². The molecule has 96 valence electrons. The summed E-state index contributed by atoms with van der Waals surface area (Å²) in [6, 6.07) is 3.46. The van der Waals surface area contributed by atoms with Gasteiger partial charge in [-0.15, -0.1) is 0 Å². The van der Waals surface area contributed by atoms with E-state index in [0.717, 1.165) is 12.2 Å². The van der Waals surface area contributed by atoms with Crippen LogP contribution in [0.1, 0.15) is 19.4 Å². The van der Waals surface area contributed by atoms with E-state index < -0.39 is 0 Å². The van der Waals surface area contributed by atoms with Crippen molar-refractivity contribution in [3.63, 3.8) is 0 Å². The molecule has 0 unspecified atom stereocenters. The van der Waals surface area contributed by atoms with E-state index >= 15 is 0 Å². The number of nitrogen functional groups attached to an aromatic ring is 1. The molecule has 1 rings (SSSR count). The average molecular weight is 240 g/mol. The van der Waals surface area contributed by atoms with Gasteiger partial charge in [-0.05, 0) is 38.5 Å². The van der Waals surface area contributed by atoms with Gasteiger partial charge in [0, 0.05) is 19.7 Å². The molecule has 0 fully saturated rings. The Balaban J connectivity index is 3.05. The third-order valence-electron chi connectivity index (χ3n) is 2.78. The van der Waals surface area contributed by atoms with Crippen LogP contribution in [0.4, 0.5) is 15.8 Å². The van der Waals surface area contributed by atoms with Crippen molar-refractivity contribution in [3.05, 3.63) is 23.5 Å². The predicted molar refractivity (Wildman–Crippen MR) is 69.9 cm³/mol. The number of nitrogens with zero attached hydrogens (tertiary/aromatic N) is 1. The molecule has 1 aromatic rings. The van der Waals surface area contributed by atoms with Crippen molar-refractivity contribution in [2.45, 2.75) is 26.8 Å². The average Bonchev–Trinajstić information content (AvgIpc) is 2.25. The van der Waals surface area contributed by atoms with Gasteiger partial charge in [0.1, 0.15) is 5.82 Å². The molecular formula is C13H21FN2O. The summed E-state index contributed by atoms with van der Waals surface area (Å²) in [5, 5.41) is 0. The van der Waals surface area contributed by atoms with E-state index in [1.54, 1.807) is 20.1 Å². The first-order valence-corrected chi connectivity index (χ1v) is 5.78. The summed E-state index contributed by atoms with van der Waals surface area (Å²) in [6.45, 7) is 7.26. The minimum atomic E-state index is -0.262. The number of hydrogen-bond donors (Lipinski definition) is 1. The largest absolute Gasteiger partial charge is 0.397 e. The molecule has 0 saturated carbocycles. The van der Waals surface area contributed by atoms with E-state index in [1.165, 1.54) is 6.07 Å². The Labute approximate surface area is 102 Å². The highest BCUT2D eigenvalue weighted by molar-refractivity contribution is 5.69. The summed E-state index contributed by atoms with van der Waals surface area (Å²) in [5.41, 5.74) is 7.83. The van der Waals surface area contributed by atoms with Crippen LogP contribution in [-0.4, -0.2) is 26.3 Å². The van der Waals surface area contributed by atoms with E-state index in [9.17, 15) is 4.39 Å². The minimum Gasteiger partial charge on any atom is -0.397 e. The van der Waals surface area contributed by atoms with E-state index in [4.69, 9.17) is 10.5 Å². The van der Waals surface area contributed by atoms with Crippen molar-refractivity contribution in [2.24, 2.45) is 0 Å². The number of aryl methyl sites for hydroxylation is 1. The van der Waals surface area contributed by atoms with Gasteiger partial charge in [-0.3, -0.25) is 0 Å². The second-order valence-electron chi connectivity index (χ2n) is 4.44. The minimum absolute atomic E-state index is 0.262. The van der Waals surface area contributed by atoms with Crippen LogP contribution in [0.3, 0.4) is 0 Å². The molecule has 0 amide bonds. The molecule has 0 bridgehead atoms. The van der Waals surface area contributed by atoms with E-state index in [0.29, 0.717) is 17.9 Å². The topological polar surface area (TPSA) is 38.5 Å². The molecule has 0 aliphatic heterocycles. The lowest BCUT2D eigenvalue weighted by molar-refractivity contribution is 0.204. The second-order valence-corrected chi connectivity index (χ2v) is 4.44. The number of hydrogen-bond acceptors (Lipinski definition) is 3. The summed E-state index contributed by atoms with van der Waals surface area (Å²) < 4.78 is 18.4. The smallest absolute Gasteiger partial charge is 0.128 e. The highest BCUT2D eigenvalue weighted by atomic mass is 19.1. The van der Waals surface area contributed by atoms with Crippen molar-refractivity contribution in [1.29, 1.82) is 0 Å².